The van der Waals surface area contributed by atoms with Crippen LogP contribution in [0.25, 0.3) is 0 Å². The molecule has 1 heterocycles. The largest absolute Gasteiger partial charge is 0.416 e. The van der Waals surface area contributed by atoms with Crippen LogP contribution in [0.5, 0.6) is 0 Å². The van der Waals surface area contributed by atoms with Gasteiger partial charge in [0, 0.05) is 39.8 Å². The summed E-state index contributed by atoms with van der Waals surface area (Å²) in [5.74, 6) is -0.258. The molecule has 0 radical (unpaired) electrons. The predicted octanol–water partition coefficient (Wildman–Crippen LogP) is 4.37. The van der Waals surface area contributed by atoms with Gasteiger partial charge >= 0.3 is 12.4 Å². The topological polar surface area (TPSA) is 35.6 Å². The molecule has 3 rings (SSSR count). The van der Waals surface area contributed by atoms with Gasteiger partial charge in [0.1, 0.15) is 6.04 Å². The number of likely N-dealkylation sites (N-methyl/N-ethyl adjacent to an activating group) is 1. The SMILES string of the molecule is CN(CCc1cc(C(F)(F)F)cc(C(F)(F)F)c1)C(=O)[C@H](c1ccccc1)N1CCNCC1. The molecule has 4 nitrogen and oxygen atoms in total. The van der Waals surface area contributed by atoms with Gasteiger partial charge in [0.15, 0.2) is 0 Å². The molecule has 1 atom stereocenters. The first-order valence-corrected chi connectivity index (χ1v) is 10.5. The van der Waals surface area contributed by atoms with E-state index in [1.54, 1.807) is 0 Å². The van der Waals surface area contributed by atoms with E-state index < -0.39 is 29.5 Å². The fourth-order valence-corrected chi connectivity index (χ4v) is 3.86. The monoisotopic (exact) mass is 473 g/mol. The van der Waals surface area contributed by atoms with Crippen LogP contribution in [-0.4, -0.2) is 55.5 Å². The summed E-state index contributed by atoms with van der Waals surface area (Å²) in [4.78, 5) is 16.7. The Kier molecular flexibility index (Phi) is 7.69. The van der Waals surface area contributed by atoms with Gasteiger partial charge < -0.3 is 10.2 Å². The molecule has 0 unspecified atom stereocenters. The fraction of sp³-hybridized carbons (Fsp3) is 0.435. The summed E-state index contributed by atoms with van der Waals surface area (Å²) in [5.41, 5.74) is -2.06. The van der Waals surface area contributed by atoms with E-state index in [0.717, 1.165) is 5.56 Å². The third kappa shape index (κ3) is 6.48. The second kappa shape index (κ2) is 10.1. The average Bonchev–Trinajstić information content (AvgIpc) is 2.77. The molecule has 1 N–H and O–H groups in total. The van der Waals surface area contributed by atoms with Crippen molar-refractivity contribution in [3.8, 4) is 0 Å². The maximum Gasteiger partial charge on any atom is 0.416 e. The molecule has 1 fully saturated rings. The van der Waals surface area contributed by atoms with E-state index in [0.29, 0.717) is 38.3 Å². The van der Waals surface area contributed by atoms with Crippen molar-refractivity contribution < 1.29 is 31.1 Å². The number of rotatable bonds is 6. The van der Waals surface area contributed by atoms with Crippen molar-refractivity contribution in [2.24, 2.45) is 0 Å². The maximum absolute atomic E-state index is 13.3. The van der Waals surface area contributed by atoms with Crippen LogP contribution in [0.1, 0.15) is 28.3 Å². The number of benzene rings is 2. The summed E-state index contributed by atoms with van der Waals surface area (Å²) in [7, 11) is 1.51. The van der Waals surface area contributed by atoms with E-state index in [9.17, 15) is 31.1 Å². The number of piperazine rings is 1. The molecule has 10 heteroatoms. The first-order chi connectivity index (χ1) is 15.5. The maximum atomic E-state index is 13.3. The minimum absolute atomic E-state index is 0.0210. The lowest BCUT2D eigenvalue weighted by Gasteiger charge is -2.36. The van der Waals surface area contributed by atoms with Crippen molar-refractivity contribution in [1.29, 1.82) is 0 Å². The quantitative estimate of drug-likeness (QED) is 0.633. The molecule has 0 bridgehead atoms. The van der Waals surface area contributed by atoms with E-state index in [2.05, 4.69) is 5.32 Å². The second-order valence-electron chi connectivity index (χ2n) is 8.02. The molecule has 0 spiro atoms. The summed E-state index contributed by atoms with van der Waals surface area (Å²) in [6.45, 7) is 2.69. The van der Waals surface area contributed by atoms with Gasteiger partial charge in [-0.05, 0) is 35.7 Å². The molecule has 1 aliphatic rings. The smallest absolute Gasteiger partial charge is 0.344 e. The van der Waals surface area contributed by atoms with Crippen LogP contribution >= 0.6 is 0 Å². The molecule has 2 aromatic rings. The van der Waals surface area contributed by atoms with Crippen LogP contribution in [0, 0.1) is 0 Å². The zero-order valence-corrected chi connectivity index (χ0v) is 18.0. The van der Waals surface area contributed by atoms with Crippen LogP contribution in [0.2, 0.25) is 0 Å². The Bertz CT molecular complexity index is 907. The Balaban J connectivity index is 1.79. The van der Waals surface area contributed by atoms with Crippen molar-refractivity contribution in [2.75, 3.05) is 39.8 Å². The molecule has 1 aliphatic heterocycles. The van der Waals surface area contributed by atoms with Gasteiger partial charge in [-0.15, -0.1) is 0 Å². The van der Waals surface area contributed by atoms with Crippen LogP contribution in [0.15, 0.2) is 48.5 Å². The number of hydrogen-bond donors (Lipinski definition) is 1. The molecule has 0 aliphatic carbocycles. The van der Waals surface area contributed by atoms with Gasteiger partial charge in [0.25, 0.3) is 0 Å². The van der Waals surface area contributed by atoms with Crippen LogP contribution in [0.4, 0.5) is 26.3 Å². The van der Waals surface area contributed by atoms with E-state index in [1.807, 2.05) is 35.2 Å². The highest BCUT2D eigenvalue weighted by atomic mass is 19.4. The Morgan fingerprint density at radius 1 is 0.970 bits per heavy atom. The first-order valence-electron chi connectivity index (χ1n) is 10.5. The number of alkyl halides is 6. The molecule has 0 aromatic heterocycles. The number of carbonyl (C=O) groups is 1. The van der Waals surface area contributed by atoms with E-state index >= 15 is 0 Å². The van der Waals surface area contributed by atoms with Gasteiger partial charge in [0.05, 0.1) is 11.1 Å². The average molecular weight is 473 g/mol. The number of nitrogens with zero attached hydrogens (tertiary/aromatic N) is 2. The number of nitrogens with one attached hydrogen (secondary N) is 1. The summed E-state index contributed by atoms with van der Waals surface area (Å²) < 4.78 is 78.7. The first kappa shape index (κ1) is 25.0. The highest BCUT2D eigenvalue weighted by Crippen LogP contribution is 2.36. The summed E-state index contributed by atoms with van der Waals surface area (Å²) in [6.07, 6.45) is -9.95. The predicted molar refractivity (Wildman–Crippen MR) is 111 cm³/mol. The van der Waals surface area contributed by atoms with Crippen LogP contribution < -0.4 is 5.32 Å². The van der Waals surface area contributed by atoms with Crippen molar-refractivity contribution in [3.05, 3.63) is 70.8 Å². The van der Waals surface area contributed by atoms with E-state index in [1.165, 1.54) is 11.9 Å². The minimum Gasteiger partial charge on any atom is -0.344 e. The third-order valence-electron chi connectivity index (χ3n) is 5.63. The lowest BCUT2D eigenvalue weighted by atomic mass is 10.0. The van der Waals surface area contributed by atoms with Gasteiger partial charge in [-0.3, -0.25) is 9.69 Å². The molecule has 1 amide bonds. The van der Waals surface area contributed by atoms with Crippen molar-refractivity contribution in [1.82, 2.24) is 15.1 Å². The normalized spacial score (nSPS) is 16.5. The van der Waals surface area contributed by atoms with Crippen molar-refractivity contribution >= 4 is 5.91 Å². The third-order valence-corrected chi connectivity index (χ3v) is 5.63. The Morgan fingerprint density at radius 2 is 1.52 bits per heavy atom. The fourth-order valence-electron chi connectivity index (χ4n) is 3.86. The summed E-state index contributed by atoms with van der Waals surface area (Å²) >= 11 is 0. The molecule has 1 saturated heterocycles. The molecule has 0 saturated carbocycles. The zero-order valence-electron chi connectivity index (χ0n) is 18.0. The highest BCUT2D eigenvalue weighted by molar-refractivity contribution is 5.83. The second-order valence-corrected chi connectivity index (χ2v) is 8.02. The Morgan fingerprint density at radius 3 is 2.03 bits per heavy atom. The standard InChI is InChI=1S/C23H25F6N3O/c1-31(10-7-16-13-18(22(24,25)26)15-19(14-16)23(27,28)29)21(33)20(17-5-3-2-4-6-17)32-11-8-30-9-12-32/h2-6,13-15,20,30H,7-12H2,1H3/t20-/m0/s1. The molecular formula is C23H25F6N3O. The number of halogens is 6. The number of hydrogen-bond acceptors (Lipinski definition) is 3. The molecule has 180 valence electrons. The van der Waals surface area contributed by atoms with Crippen LogP contribution in [-0.2, 0) is 23.6 Å². The highest BCUT2D eigenvalue weighted by Gasteiger charge is 2.37. The van der Waals surface area contributed by atoms with Gasteiger partial charge in [-0.1, -0.05) is 30.3 Å². The van der Waals surface area contributed by atoms with Gasteiger partial charge in [-0.25, -0.2) is 0 Å². The summed E-state index contributed by atoms with van der Waals surface area (Å²) in [5, 5.41) is 3.22. The molecule has 2 aromatic carbocycles. The lowest BCUT2D eigenvalue weighted by molar-refractivity contribution is -0.143. The van der Waals surface area contributed by atoms with Gasteiger partial charge in [0.2, 0.25) is 5.91 Å². The molecule has 33 heavy (non-hydrogen) atoms. The van der Waals surface area contributed by atoms with Gasteiger partial charge in [-0.2, -0.15) is 26.3 Å². The Labute approximate surface area is 188 Å². The number of carbonyl (C=O) groups excluding carboxylic acids is 1. The lowest BCUT2D eigenvalue weighted by Crippen LogP contribution is -2.50. The van der Waals surface area contributed by atoms with Crippen molar-refractivity contribution in [3.63, 3.8) is 0 Å². The van der Waals surface area contributed by atoms with E-state index in [4.69, 9.17) is 0 Å². The summed E-state index contributed by atoms with van der Waals surface area (Å²) in [6, 6.07) is 10.1. The van der Waals surface area contributed by atoms with Crippen molar-refractivity contribution in [2.45, 2.75) is 24.8 Å². The van der Waals surface area contributed by atoms with E-state index in [-0.39, 0.29) is 30.5 Å². The van der Waals surface area contributed by atoms with Crippen LogP contribution in [0.3, 0.4) is 0 Å². The number of amides is 1. The minimum atomic E-state index is -4.90. The molecular weight excluding hydrogens is 448 g/mol. The Hall–Kier alpha value is -2.59. The zero-order chi connectivity index (χ0) is 24.2.